The number of carbonyl (C=O) groups excluding carboxylic acids is 2. The molecule has 2 heterocycles. The summed E-state index contributed by atoms with van der Waals surface area (Å²) in [5.41, 5.74) is 6.54. The molecule has 44 heavy (non-hydrogen) atoms. The summed E-state index contributed by atoms with van der Waals surface area (Å²) < 4.78 is 2.25. The third-order valence-corrected chi connectivity index (χ3v) is 10.3. The van der Waals surface area contributed by atoms with Gasteiger partial charge in [-0.25, -0.2) is 0 Å². The van der Waals surface area contributed by atoms with E-state index < -0.39 is 0 Å². The van der Waals surface area contributed by atoms with Crippen LogP contribution in [0.3, 0.4) is 0 Å². The van der Waals surface area contributed by atoms with Crippen molar-refractivity contribution in [2.75, 3.05) is 4.90 Å². The van der Waals surface area contributed by atoms with Crippen molar-refractivity contribution in [3.8, 4) is 11.1 Å². The molecule has 7 aromatic rings. The van der Waals surface area contributed by atoms with Crippen LogP contribution >= 0.6 is 22.7 Å². The number of para-hydroxylation sites is 1. The number of aryl methyl sites for hydroxylation is 1. The Morgan fingerprint density at radius 2 is 1.27 bits per heavy atom. The highest BCUT2D eigenvalue weighted by atomic mass is 32.1. The van der Waals surface area contributed by atoms with E-state index in [0.29, 0.717) is 11.1 Å². The van der Waals surface area contributed by atoms with Gasteiger partial charge >= 0.3 is 0 Å². The molecule has 0 atom stereocenters. The molecule has 1 aliphatic rings. The maximum absolute atomic E-state index is 13.6. The number of thiophene rings is 2. The zero-order valence-corrected chi connectivity index (χ0v) is 25.4. The number of Topliss-reactive ketones (excluding diaryl/α,β-unsaturated/α-hetero) is 2. The largest absolute Gasteiger partial charge is 0.302 e. The summed E-state index contributed by atoms with van der Waals surface area (Å²) in [6.45, 7) is 2.10. The van der Waals surface area contributed by atoms with Crippen LogP contribution in [0.25, 0.3) is 37.4 Å². The molecule has 8 rings (SSSR count). The maximum Gasteiger partial charge on any atom is 0.197 e. The Kier molecular flexibility index (Phi) is 6.37. The van der Waals surface area contributed by atoms with Gasteiger partial charge in [0.2, 0.25) is 0 Å². The second-order valence-electron chi connectivity index (χ2n) is 11.0. The molecule has 0 amide bonds. The van der Waals surface area contributed by atoms with Gasteiger partial charge in [-0.3, -0.25) is 9.59 Å². The minimum Gasteiger partial charge on any atom is -0.302 e. The summed E-state index contributed by atoms with van der Waals surface area (Å²) in [5.74, 6) is -0.415. The molecule has 0 saturated heterocycles. The average molecular weight is 604 g/mol. The van der Waals surface area contributed by atoms with Gasteiger partial charge in [-0.15, -0.1) is 22.7 Å². The van der Waals surface area contributed by atoms with Crippen molar-refractivity contribution in [1.29, 1.82) is 0 Å². The van der Waals surface area contributed by atoms with E-state index in [4.69, 9.17) is 0 Å². The van der Waals surface area contributed by atoms with Crippen LogP contribution in [0.1, 0.15) is 31.2 Å². The summed E-state index contributed by atoms with van der Waals surface area (Å²) in [6.07, 6.45) is 1.77. The Labute approximate surface area is 263 Å². The van der Waals surface area contributed by atoms with Crippen LogP contribution in [0, 0.1) is 6.92 Å². The first-order chi connectivity index (χ1) is 21.5. The number of carbonyl (C=O) groups is 2. The molecule has 210 valence electrons. The summed E-state index contributed by atoms with van der Waals surface area (Å²) >= 11 is 3.31. The first kappa shape index (κ1) is 26.5. The SMILES string of the molecule is Cc1cccc(N(c2ccccc2)c2cc3sc(/C=C4/C(=O)c5ccc(-c6ccc7ccccc7c6)cc5C4=O)cc3s2)c1. The van der Waals surface area contributed by atoms with E-state index in [-0.39, 0.29) is 17.1 Å². The molecule has 0 bridgehead atoms. The van der Waals surface area contributed by atoms with Crippen LogP contribution in [-0.4, -0.2) is 11.6 Å². The Morgan fingerprint density at radius 1 is 0.568 bits per heavy atom. The average Bonchev–Trinajstić information content (AvgIpc) is 3.68. The Hall–Kier alpha value is -5.10. The highest BCUT2D eigenvalue weighted by Gasteiger charge is 2.33. The van der Waals surface area contributed by atoms with Crippen molar-refractivity contribution in [2.45, 2.75) is 6.92 Å². The fourth-order valence-corrected chi connectivity index (χ4v) is 8.30. The highest BCUT2D eigenvalue weighted by molar-refractivity contribution is 7.30. The topological polar surface area (TPSA) is 37.4 Å². The summed E-state index contributed by atoms with van der Waals surface area (Å²) in [7, 11) is 0. The Morgan fingerprint density at radius 3 is 2.09 bits per heavy atom. The van der Waals surface area contributed by atoms with Crippen LogP contribution in [0.2, 0.25) is 0 Å². The van der Waals surface area contributed by atoms with Crippen LogP contribution in [0.5, 0.6) is 0 Å². The lowest BCUT2D eigenvalue weighted by Gasteiger charge is -2.23. The van der Waals surface area contributed by atoms with E-state index in [2.05, 4.69) is 103 Å². The number of allylic oxidation sites excluding steroid dienone is 1. The molecule has 0 fully saturated rings. The number of nitrogens with zero attached hydrogens (tertiary/aromatic N) is 1. The molecule has 0 N–H and O–H groups in total. The number of hydrogen-bond acceptors (Lipinski definition) is 5. The van der Waals surface area contributed by atoms with Crippen LogP contribution in [-0.2, 0) is 0 Å². The standard InChI is InChI=1S/C39H25NO2S2/c1-24-8-7-13-30(18-24)40(29-11-3-2-4-12-29)37-23-36-35(44-37)22-31(43-36)21-34-38(41)32-17-16-28(20-33(32)39(34)42)27-15-14-25-9-5-6-10-26(25)19-27/h2-23H,1H3/b34-21-. The second-order valence-corrected chi connectivity index (χ2v) is 13.2. The monoisotopic (exact) mass is 603 g/mol. The lowest BCUT2D eigenvalue weighted by molar-refractivity contribution is 0.0990. The first-order valence-electron chi connectivity index (χ1n) is 14.4. The number of anilines is 3. The minimum absolute atomic E-state index is 0.206. The second kappa shape index (κ2) is 10.6. The summed E-state index contributed by atoms with van der Waals surface area (Å²) in [4.78, 5) is 30.1. The van der Waals surface area contributed by atoms with E-state index in [1.54, 1.807) is 34.8 Å². The highest BCUT2D eigenvalue weighted by Crippen LogP contribution is 2.45. The third kappa shape index (κ3) is 4.58. The molecule has 0 spiro atoms. The van der Waals surface area contributed by atoms with Crippen LogP contribution < -0.4 is 4.90 Å². The van der Waals surface area contributed by atoms with Gasteiger partial charge in [0, 0.05) is 36.8 Å². The number of ketones is 2. The molecular weight excluding hydrogens is 579 g/mol. The van der Waals surface area contributed by atoms with Crippen LogP contribution in [0.15, 0.2) is 133 Å². The molecule has 0 unspecified atom stereocenters. The normalized spacial score (nSPS) is 13.7. The smallest absolute Gasteiger partial charge is 0.197 e. The molecule has 0 radical (unpaired) electrons. The van der Waals surface area contributed by atoms with E-state index in [1.165, 1.54) is 10.9 Å². The van der Waals surface area contributed by atoms with Crippen molar-refractivity contribution >= 4 is 76.9 Å². The van der Waals surface area contributed by atoms with Gasteiger partial charge < -0.3 is 4.90 Å². The molecule has 5 heteroatoms. The van der Waals surface area contributed by atoms with Crippen molar-refractivity contribution in [3.63, 3.8) is 0 Å². The maximum atomic E-state index is 13.6. The summed E-state index contributed by atoms with van der Waals surface area (Å²) in [5, 5.41) is 3.42. The quantitative estimate of drug-likeness (QED) is 0.145. The van der Waals surface area contributed by atoms with Gasteiger partial charge in [0.25, 0.3) is 0 Å². The fourth-order valence-electron chi connectivity index (χ4n) is 5.92. The zero-order chi connectivity index (χ0) is 29.8. The van der Waals surface area contributed by atoms with E-state index in [0.717, 1.165) is 47.2 Å². The Bertz CT molecular complexity index is 2260. The lowest BCUT2D eigenvalue weighted by Crippen LogP contribution is -2.08. The van der Waals surface area contributed by atoms with E-state index >= 15 is 0 Å². The molecular formula is C39H25NO2S2. The first-order valence-corrected chi connectivity index (χ1v) is 16.0. The van der Waals surface area contributed by atoms with Crippen molar-refractivity contribution in [2.24, 2.45) is 0 Å². The molecule has 2 aromatic heterocycles. The molecule has 3 nitrogen and oxygen atoms in total. The molecule has 1 aliphatic carbocycles. The predicted octanol–water partition coefficient (Wildman–Crippen LogP) is 11.0. The zero-order valence-electron chi connectivity index (χ0n) is 23.8. The van der Waals surface area contributed by atoms with Crippen LogP contribution in [0.4, 0.5) is 16.4 Å². The number of benzene rings is 5. The van der Waals surface area contributed by atoms with Gasteiger partial charge in [0.1, 0.15) is 5.00 Å². The van der Waals surface area contributed by atoms with E-state index in [9.17, 15) is 9.59 Å². The van der Waals surface area contributed by atoms with Crippen molar-refractivity contribution in [1.82, 2.24) is 0 Å². The van der Waals surface area contributed by atoms with Crippen molar-refractivity contribution in [3.05, 3.63) is 155 Å². The number of rotatable bonds is 5. The van der Waals surface area contributed by atoms with Gasteiger partial charge in [-0.1, -0.05) is 72.8 Å². The van der Waals surface area contributed by atoms with Gasteiger partial charge in [0.05, 0.1) is 5.57 Å². The lowest BCUT2D eigenvalue weighted by atomic mass is 9.98. The number of hydrogen-bond donors (Lipinski definition) is 0. The molecule has 0 aliphatic heterocycles. The Balaban J connectivity index is 1.12. The minimum atomic E-state index is -0.209. The fraction of sp³-hybridized carbons (Fsp3) is 0.0256. The molecule has 5 aromatic carbocycles. The third-order valence-electron chi connectivity index (χ3n) is 8.08. The van der Waals surface area contributed by atoms with Gasteiger partial charge in [-0.2, -0.15) is 0 Å². The van der Waals surface area contributed by atoms with Gasteiger partial charge in [-0.05, 0) is 95.1 Å². The predicted molar refractivity (Wildman–Crippen MR) is 185 cm³/mol. The van der Waals surface area contributed by atoms with E-state index in [1.807, 2.05) is 30.3 Å². The molecule has 0 saturated carbocycles. The number of fused-ring (bicyclic) bond motifs is 3. The van der Waals surface area contributed by atoms with Gasteiger partial charge in [0.15, 0.2) is 11.6 Å². The summed E-state index contributed by atoms with van der Waals surface area (Å²) in [6, 6.07) is 43.2. The van der Waals surface area contributed by atoms with Crippen molar-refractivity contribution < 1.29 is 9.59 Å².